The number of ketones is 1. The minimum absolute atomic E-state index is 0. The number of hydrogen-bond donors (Lipinski definition) is 2. The van der Waals surface area contributed by atoms with E-state index in [1.165, 1.54) is 0 Å². The maximum atomic E-state index is 12.0. The molecule has 5 nitrogen and oxygen atoms in total. The van der Waals surface area contributed by atoms with E-state index in [1.807, 2.05) is 0 Å². The molecule has 8 heteroatoms. The van der Waals surface area contributed by atoms with Gasteiger partial charge in [-0.1, -0.05) is 31.0 Å². The molecule has 0 fully saturated rings. The molecule has 3 unspecified atom stereocenters. The summed E-state index contributed by atoms with van der Waals surface area (Å²) in [4.78, 5) is 12.0. The highest BCUT2D eigenvalue weighted by atomic mass is 35.5. The monoisotopic (exact) mass is 406 g/mol. The number of allylic oxidation sites excluding steroid dienone is 2. The van der Waals surface area contributed by atoms with Crippen molar-refractivity contribution in [3.05, 3.63) is 35.1 Å². The number of fused-ring (bicyclic) bond motifs is 2. The van der Waals surface area contributed by atoms with Gasteiger partial charge in [0.05, 0.1) is 11.0 Å². The van der Waals surface area contributed by atoms with Crippen LogP contribution in [0, 0.1) is 5.41 Å². The number of alkyl halides is 2. The first kappa shape index (κ1) is 20.3. The van der Waals surface area contributed by atoms with E-state index < -0.39 is 16.0 Å². The van der Waals surface area contributed by atoms with Crippen molar-refractivity contribution in [2.75, 3.05) is 6.61 Å². The first-order chi connectivity index (χ1) is 11.3. The van der Waals surface area contributed by atoms with E-state index in [-0.39, 0.29) is 30.6 Å². The standard InChI is InChI=1S/C17H20Cl2N2O3.ClH/c1-2-6-16-7-5-10(22)8-11(16)15-12(24-16)3-4-13(18)17(15,19)23-9-14(20)21;/h3-4,8,13H,2,5-7,9H2,1H3,(H3,20,21);1H. The molecule has 0 bridgehead atoms. The van der Waals surface area contributed by atoms with Crippen LogP contribution in [0.2, 0.25) is 0 Å². The van der Waals surface area contributed by atoms with Crippen molar-refractivity contribution in [1.82, 2.24) is 0 Å². The fraction of sp³-hybridized carbons (Fsp3) is 0.529. The molecule has 138 valence electrons. The summed E-state index contributed by atoms with van der Waals surface area (Å²) in [7, 11) is 0. The van der Waals surface area contributed by atoms with E-state index in [4.69, 9.17) is 43.8 Å². The smallest absolute Gasteiger partial charge is 0.191 e. The van der Waals surface area contributed by atoms with Crippen molar-refractivity contribution >= 4 is 47.2 Å². The summed E-state index contributed by atoms with van der Waals surface area (Å²) in [5, 5.41) is 5.30. The van der Waals surface area contributed by atoms with E-state index >= 15 is 0 Å². The fourth-order valence-corrected chi connectivity index (χ4v) is 4.14. The number of amidine groups is 1. The number of nitrogens with two attached hydrogens (primary N) is 1. The summed E-state index contributed by atoms with van der Waals surface area (Å²) >= 11 is 13.2. The van der Waals surface area contributed by atoms with Gasteiger partial charge in [-0.25, -0.2) is 0 Å². The lowest BCUT2D eigenvalue weighted by atomic mass is 9.75. The molecule has 3 aliphatic rings. The molecule has 2 aliphatic carbocycles. The zero-order chi connectivity index (χ0) is 17.5. The first-order valence-electron chi connectivity index (χ1n) is 7.99. The van der Waals surface area contributed by atoms with Crippen molar-refractivity contribution in [3.63, 3.8) is 0 Å². The summed E-state index contributed by atoms with van der Waals surface area (Å²) in [5.74, 6) is 0.475. The Balaban J connectivity index is 0.00000225. The normalized spacial score (nSPS) is 33.2. The molecule has 0 aromatic rings. The van der Waals surface area contributed by atoms with Crippen LogP contribution < -0.4 is 5.73 Å². The average Bonchev–Trinajstić information content (AvgIpc) is 2.84. The number of halogens is 3. The maximum Gasteiger partial charge on any atom is 0.191 e. The van der Waals surface area contributed by atoms with Crippen LogP contribution in [0.4, 0.5) is 0 Å². The lowest BCUT2D eigenvalue weighted by Gasteiger charge is -2.37. The Bertz CT molecular complexity index is 689. The quantitative estimate of drug-likeness (QED) is 0.414. The van der Waals surface area contributed by atoms with Gasteiger partial charge < -0.3 is 15.2 Å². The van der Waals surface area contributed by atoms with E-state index in [0.29, 0.717) is 24.2 Å². The molecule has 0 spiro atoms. The minimum Gasteiger partial charge on any atom is -0.482 e. The Kier molecular flexibility index (Phi) is 5.94. The van der Waals surface area contributed by atoms with Crippen molar-refractivity contribution < 1.29 is 14.3 Å². The second-order valence-electron chi connectivity index (χ2n) is 6.33. The third-order valence-electron chi connectivity index (χ3n) is 4.60. The molecule has 0 aromatic carbocycles. The van der Waals surface area contributed by atoms with Crippen molar-refractivity contribution in [2.45, 2.75) is 48.6 Å². The van der Waals surface area contributed by atoms with Gasteiger partial charge in [0.1, 0.15) is 23.8 Å². The van der Waals surface area contributed by atoms with Gasteiger partial charge in [0.15, 0.2) is 10.8 Å². The molecule has 1 aliphatic heterocycles. The van der Waals surface area contributed by atoms with Gasteiger partial charge in [-0.3, -0.25) is 10.2 Å². The third-order valence-corrected chi connectivity index (χ3v) is 5.69. The lowest BCUT2D eigenvalue weighted by molar-refractivity contribution is -0.116. The summed E-state index contributed by atoms with van der Waals surface area (Å²) in [6.07, 6.45) is 7.83. The van der Waals surface area contributed by atoms with Crippen LogP contribution in [0.15, 0.2) is 35.1 Å². The Morgan fingerprint density at radius 2 is 2.28 bits per heavy atom. The molecular formula is C17H21Cl3N2O3. The Morgan fingerprint density at radius 1 is 1.56 bits per heavy atom. The number of ether oxygens (including phenoxy) is 2. The van der Waals surface area contributed by atoms with Crippen LogP contribution in [0.25, 0.3) is 0 Å². The van der Waals surface area contributed by atoms with Crippen LogP contribution in [-0.2, 0) is 14.3 Å². The third kappa shape index (κ3) is 3.35. The van der Waals surface area contributed by atoms with Crippen molar-refractivity contribution in [2.24, 2.45) is 5.73 Å². The molecule has 0 saturated carbocycles. The molecule has 0 amide bonds. The van der Waals surface area contributed by atoms with Gasteiger partial charge in [-0.05, 0) is 25.0 Å². The second kappa shape index (κ2) is 7.31. The highest BCUT2D eigenvalue weighted by Crippen LogP contribution is 2.55. The SMILES string of the molecule is CCCC12CCC(=O)C=C1C1=C(C=CC(Cl)C1(Cl)OCC(=N)N)O2.Cl. The van der Waals surface area contributed by atoms with E-state index in [0.717, 1.165) is 18.4 Å². The minimum atomic E-state index is -1.42. The summed E-state index contributed by atoms with van der Waals surface area (Å²) in [6.45, 7) is 1.92. The molecule has 1 heterocycles. The van der Waals surface area contributed by atoms with Gasteiger partial charge in [-0.2, -0.15) is 0 Å². The number of hydrogen-bond acceptors (Lipinski definition) is 4. The molecule has 0 saturated heterocycles. The zero-order valence-electron chi connectivity index (χ0n) is 13.8. The van der Waals surface area contributed by atoms with E-state index in [1.54, 1.807) is 18.2 Å². The summed E-state index contributed by atoms with van der Waals surface area (Å²) < 4.78 is 12.0. The first-order valence-corrected chi connectivity index (χ1v) is 8.81. The van der Waals surface area contributed by atoms with Gasteiger partial charge in [0.25, 0.3) is 0 Å². The van der Waals surface area contributed by atoms with E-state index in [9.17, 15) is 4.79 Å². The molecule has 3 rings (SSSR count). The van der Waals surface area contributed by atoms with Crippen LogP contribution >= 0.6 is 35.6 Å². The second-order valence-corrected chi connectivity index (χ2v) is 7.36. The Hall–Kier alpha value is -1.01. The molecule has 3 atom stereocenters. The van der Waals surface area contributed by atoms with Crippen LogP contribution in [-0.4, -0.2) is 34.3 Å². The van der Waals surface area contributed by atoms with Crippen molar-refractivity contribution in [1.29, 1.82) is 5.41 Å². The van der Waals surface area contributed by atoms with E-state index in [2.05, 4.69) is 6.92 Å². The highest BCUT2D eigenvalue weighted by Gasteiger charge is 2.56. The summed E-state index contributed by atoms with van der Waals surface area (Å²) in [6, 6.07) is 0. The lowest BCUT2D eigenvalue weighted by Crippen LogP contribution is -2.43. The number of rotatable bonds is 5. The Labute approximate surface area is 163 Å². The number of carbonyl (C=O) groups is 1. The molecule has 0 aromatic heterocycles. The van der Waals surface area contributed by atoms with Gasteiger partial charge >= 0.3 is 0 Å². The predicted molar refractivity (Wildman–Crippen MR) is 101 cm³/mol. The maximum absolute atomic E-state index is 12.0. The predicted octanol–water partition coefficient (Wildman–Crippen LogP) is 3.59. The summed E-state index contributed by atoms with van der Waals surface area (Å²) in [5.41, 5.74) is 6.19. The molecular weight excluding hydrogens is 387 g/mol. The van der Waals surface area contributed by atoms with Crippen LogP contribution in [0.1, 0.15) is 32.6 Å². The zero-order valence-corrected chi connectivity index (χ0v) is 16.1. The van der Waals surface area contributed by atoms with Crippen LogP contribution in [0.3, 0.4) is 0 Å². The van der Waals surface area contributed by atoms with Crippen LogP contribution in [0.5, 0.6) is 0 Å². The van der Waals surface area contributed by atoms with Gasteiger partial charge in [-0.15, -0.1) is 24.0 Å². The fourth-order valence-electron chi connectivity index (χ4n) is 3.58. The topological polar surface area (TPSA) is 85.4 Å². The molecule has 3 N–H and O–H groups in total. The highest BCUT2D eigenvalue weighted by molar-refractivity contribution is 6.34. The largest absolute Gasteiger partial charge is 0.482 e. The van der Waals surface area contributed by atoms with Gasteiger partial charge in [0, 0.05) is 12.0 Å². The van der Waals surface area contributed by atoms with Crippen molar-refractivity contribution in [3.8, 4) is 0 Å². The molecule has 0 radical (unpaired) electrons. The number of nitrogens with one attached hydrogen (secondary N) is 1. The number of carbonyl (C=O) groups excluding carboxylic acids is 1. The average molecular weight is 408 g/mol. The Morgan fingerprint density at radius 3 is 2.92 bits per heavy atom. The van der Waals surface area contributed by atoms with Gasteiger partial charge in [0.2, 0.25) is 0 Å². The molecule has 25 heavy (non-hydrogen) atoms.